The lowest BCUT2D eigenvalue weighted by atomic mass is 10.1. The molecule has 3 nitrogen and oxygen atoms in total. The van der Waals surface area contributed by atoms with Crippen LogP contribution in [-0.2, 0) is 13.2 Å². The highest BCUT2D eigenvalue weighted by molar-refractivity contribution is 7.80. The zero-order chi connectivity index (χ0) is 19.9. The summed E-state index contributed by atoms with van der Waals surface area (Å²) in [5, 5.41) is 3.57. The van der Waals surface area contributed by atoms with Crippen molar-refractivity contribution in [1.82, 2.24) is 5.32 Å². The summed E-state index contributed by atoms with van der Waals surface area (Å²) in [6.07, 6.45) is 0. The van der Waals surface area contributed by atoms with Crippen LogP contribution in [0.15, 0.2) is 66.7 Å². The molecule has 0 aliphatic carbocycles. The first kappa shape index (κ1) is 20.1. The first-order valence-electron chi connectivity index (χ1n) is 8.64. The van der Waals surface area contributed by atoms with Crippen molar-refractivity contribution in [2.75, 3.05) is 7.11 Å². The number of halogens is 2. The van der Waals surface area contributed by atoms with Gasteiger partial charge < -0.3 is 14.8 Å². The van der Waals surface area contributed by atoms with E-state index in [4.69, 9.17) is 33.3 Å². The molecule has 0 bridgehead atoms. The lowest BCUT2D eigenvalue weighted by Crippen LogP contribution is -2.21. The largest absolute Gasteiger partial charge is 0.496 e. The van der Waals surface area contributed by atoms with E-state index in [9.17, 15) is 4.39 Å². The molecule has 0 heterocycles. The van der Waals surface area contributed by atoms with Gasteiger partial charge in [-0.2, -0.15) is 0 Å². The van der Waals surface area contributed by atoms with Gasteiger partial charge in [-0.15, -0.1) is 0 Å². The standard InChI is InChI=1S/C22H19ClFNO2S/c1-26-21-8-3-2-5-16(21)13-25-22(28)15-9-11-17(12-10-15)27-14-18-19(23)6-4-7-20(18)24/h2-12H,13-14H2,1H3,(H,25,28). The van der Waals surface area contributed by atoms with Crippen molar-refractivity contribution in [2.45, 2.75) is 13.2 Å². The first-order valence-corrected chi connectivity index (χ1v) is 9.43. The van der Waals surface area contributed by atoms with E-state index in [0.29, 0.717) is 27.9 Å². The zero-order valence-electron chi connectivity index (χ0n) is 15.2. The molecular formula is C22H19ClFNO2S. The van der Waals surface area contributed by atoms with Crippen LogP contribution >= 0.6 is 23.8 Å². The van der Waals surface area contributed by atoms with E-state index in [1.807, 2.05) is 36.4 Å². The normalized spacial score (nSPS) is 10.4. The number of ether oxygens (including phenoxy) is 2. The van der Waals surface area contributed by atoms with Crippen molar-refractivity contribution in [3.05, 3.63) is 94.3 Å². The number of hydrogen-bond donors (Lipinski definition) is 1. The molecule has 1 N–H and O–H groups in total. The van der Waals surface area contributed by atoms with Crippen LogP contribution in [0.1, 0.15) is 16.7 Å². The highest BCUT2D eigenvalue weighted by atomic mass is 35.5. The highest BCUT2D eigenvalue weighted by Crippen LogP contribution is 2.22. The maximum Gasteiger partial charge on any atom is 0.131 e. The summed E-state index contributed by atoms with van der Waals surface area (Å²) in [6, 6.07) is 19.6. The van der Waals surface area contributed by atoms with Crippen molar-refractivity contribution in [3.8, 4) is 11.5 Å². The van der Waals surface area contributed by atoms with Crippen LogP contribution in [-0.4, -0.2) is 12.1 Å². The molecule has 0 amide bonds. The van der Waals surface area contributed by atoms with Gasteiger partial charge in [0.25, 0.3) is 0 Å². The molecule has 0 fully saturated rings. The van der Waals surface area contributed by atoms with Crippen molar-refractivity contribution in [3.63, 3.8) is 0 Å². The van der Waals surface area contributed by atoms with Crippen molar-refractivity contribution in [1.29, 1.82) is 0 Å². The van der Waals surface area contributed by atoms with E-state index in [0.717, 1.165) is 16.9 Å². The van der Waals surface area contributed by atoms with Crippen LogP contribution in [0, 0.1) is 5.82 Å². The topological polar surface area (TPSA) is 30.5 Å². The third kappa shape index (κ3) is 5.00. The van der Waals surface area contributed by atoms with E-state index in [-0.39, 0.29) is 12.4 Å². The highest BCUT2D eigenvalue weighted by Gasteiger charge is 2.08. The summed E-state index contributed by atoms with van der Waals surface area (Å²) >= 11 is 11.5. The number of methoxy groups -OCH3 is 1. The molecule has 0 aromatic heterocycles. The second-order valence-corrected chi connectivity index (χ2v) is 6.82. The molecule has 0 aliphatic rings. The van der Waals surface area contributed by atoms with E-state index in [2.05, 4.69) is 5.32 Å². The molecular weight excluding hydrogens is 397 g/mol. The summed E-state index contributed by atoms with van der Waals surface area (Å²) in [6.45, 7) is 0.619. The molecule has 0 spiro atoms. The molecule has 28 heavy (non-hydrogen) atoms. The van der Waals surface area contributed by atoms with Crippen molar-refractivity contribution in [2.24, 2.45) is 0 Å². The van der Waals surface area contributed by atoms with Crippen molar-refractivity contribution >= 4 is 28.8 Å². The Morgan fingerprint density at radius 2 is 1.79 bits per heavy atom. The van der Waals surface area contributed by atoms with Gasteiger partial charge in [0.1, 0.15) is 28.9 Å². The Bertz CT molecular complexity index is 943. The predicted octanol–water partition coefficient (Wildman–Crippen LogP) is 5.53. The monoisotopic (exact) mass is 415 g/mol. The Labute approximate surface area is 174 Å². The molecule has 0 unspecified atom stereocenters. The van der Waals surface area contributed by atoms with Crippen LogP contribution in [0.25, 0.3) is 0 Å². The van der Waals surface area contributed by atoms with Gasteiger partial charge in [-0.25, -0.2) is 4.39 Å². The van der Waals surface area contributed by atoms with Crippen LogP contribution in [0.5, 0.6) is 11.5 Å². The Morgan fingerprint density at radius 3 is 2.50 bits per heavy atom. The van der Waals surface area contributed by atoms with Gasteiger partial charge in [-0.05, 0) is 42.5 Å². The van der Waals surface area contributed by atoms with Gasteiger partial charge in [-0.3, -0.25) is 0 Å². The average molecular weight is 416 g/mol. The fraction of sp³-hybridized carbons (Fsp3) is 0.136. The number of benzene rings is 3. The number of thiocarbonyl (C=S) groups is 1. The van der Waals surface area contributed by atoms with Crippen LogP contribution in [0.3, 0.4) is 0 Å². The lowest BCUT2D eigenvalue weighted by Gasteiger charge is -2.12. The number of para-hydroxylation sites is 1. The molecule has 3 rings (SSSR count). The van der Waals surface area contributed by atoms with Gasteiger partial charge in [0, 0.05) is 23.2 Å². The Balaban J connectivity index is 1.58. The van der Waals surface area contributed by atoms with Gasteiger partial charge in [-0.1, -0.05) is 48.1 Å². The first-order chi connectivity index (χ1) is 13.6. The molecule has 0 radical (unpaired) electrons. The minimum atomic E-state index is -0.383. The lowest BCUT2D eigenvalue weighted by molar-refractivity contribution is 0.300. The molecule has 6 heteroatoms. The average Bonchev–Trinajstić information content (AvgIpc) is 2.72. The van der Waals surface area contributed by atoms with Crippen LogP contribution < -0.4 is 14.8 Å². The zero-order valence-corrected chi connectivity index (χ0v) is 16.8. The predicted molar refractivity (Wildman–Crippen MR) is 114 cm³/mol. The molecule has 0 atom stereocenters. The quantitative estimate of drug-likeness (QED) is 0.514. The maximum absolute atomic E-state index is 13.8. The summed E-state index contributed by atoms with van der Waals surface area (Å²) in [4.78, 5) is 0.620. The number of hydrogen-bond acceptors (Lipinski definition) is 3. The fourth-order valence-electron chi connectivity index (χ4n) is 2.65. The molecule has 0 aliphatic heterocycles. The third-order valence-corrected chi connectivity index (χ3v) is 4.93. The van der Waals surface area contributed by atoms with Gasteiger partial charge >= 0.3 is 0 Å². The summed E-state index contributed by atoms with van der Waals surface area (Å²) in [7, 11) is 1.64. The minimum Gasteiger partial charge on any atom is -0.496 e. The Hall–Kier alpha value is -2.63. The minimum absolute atomic E-state index is 0.0569. The second-order valence-electron chi connectivity index (χ2n) is 6.01. The summed E-state index contributed by atoms with van der Waals surface area (Å²) in [5.74, 6) is 1.04. The SMILES string of the molecule is COc1ccccc1CNC(=S)c1ccc(OCc2c(F)cccc2Cl)cc1. The summed E-state index contributed by atoms with van der Waals surface area (Å²) in [5.41, 5.74) is 2.22. The molecule has 0 saturated heterocycles. The third-order valence-electron chi connectivity index (χ3n) is 4.19. The smallest absolute Gasteiger partial charge is 0.131 e. The van der Waals surface area contributed by atoms with Crippen LogP contribution in [0.2, 0.25) is 5.02 Å². The van der Waals surface area contributed by atoms with Crippen LogP contribution in [0.4, 0.5) is 4.39 Å². The Morgan fingerprint density at radius 1 is 1.04 bits per heavy atom. The van der Waals surface area contributed by atoms with Crippen molar-refractivity contribution < 1.29 is 13.9 Å². The van der Waals surface area contributed by atoms with Gasteiger partial charge in [0.2, 0.25) is 0 Å². The number of rotatable bonds is 7. The molecule has 0 saturated carbocycles. The number of nitrogens with one attached hydrogen (secondary N) is 1. The maximum atomic E-state index is 13.8. The summed E-state index contributed by atoms with van der Waals surface area (Å²) < 4.78 is 24.8. The molecule has 3 aromatic rings. The van der Waals surface area contributed by atoms with E-state index in [1.165, 1.54) is 6.07 Å². The molecule has 3 aromatic carbocycles. The van der Waals surface area contributed by atoms with E-state index in [1.54, 1.807) is 31.4 Å². The van der Waals surface area contributed by atoms with E-state index < -0.39 is 0 Å². The van der Waals surface area contributed by atoms with Gasteiger partial charge in [0.15, 0.2) is 0 Å². The fourth-order valence-corrected chi connectivity index (χ4v) is 3.08. The molecule has 144 valence electrons. The van der Waals surface area contributed by atoms with Gasteiger partial charge in [0.05, 0.1) is 12.1 Å². The van der Waals surface area contributed by atoms with E-state index >= 15 is 0 Å². The Kier molecular flexibility index (Phi) is 6.85. The second kappa shape index (κ2) is 9.53.